The molecule has 1 aromatic rings. The molecule has 0 radical (unpaired) electrons. The molecule has 0 spiro atoms. The number of hydrogen-bond acceptors (Lipinski definition) is 3. The van der Waals surface area contributed by atoms with Crippen LogP contribution < -0.4 is 10.6 Å². The molecule has 1 amide bonds. The van der Waals surface area contributed by atoms with E-state index in [0.717, 1.165) is 11.3 Å². The average Bonchev–Trinajstić information content (AvgIpc) is 2.44. The van der Waals surface area contributed by atoms with Gasteiger partial charge in [-0.2, -0.15) is 0 Å². The fraction of sp³-hybridized carbons (Fsp3) is 0.438. The van der Waals surface area contributed by atoms with Gasteiger partial charge in [0.25, 0.3) is 0 Å². The molecule has 4 nitrogen and oxygen atoms in total. The Kier molecular flexibility index (Phi) is 6.08. The molecule has 4 heteroatoms. The van der Waals surface area contributed by atoms with E-state index in [1.165, 1.54) is 0 Å². The third kappa shape index (κ3) is 4.29. The summed E-state index contributed by atoms with van der Waals surface area (Å²) in [5, 5.41) is 0. The zero-order valence-corrected chi connectivity index (χ0v) is 12.5. The molecule has 1 rings (SSSR count). The highest BCUT2D eigenvalue weighted by Gasteiger charge is 2.19. The monoisotopic (exact) mass is 273 g/mol. The quantitative estimate of drug-likeness (QED) is 0.798. The number of carbonyl (C=O) groups is 1. The SMILES string of the molecule is C#CCC(N)C(=O)N(CC)Cc1ccc(N(C)C)cc1. The average molecular weight is 273 g/mol. The Morgan fingerprint density at radius 1 is 1.35 bits per heavy atom. The zero-order valence-electron chi connectivity index (χ0n) is 12.5. The lowest BCUT2D eigenvalue weighted by atomic mass is 10.1. The number of likely N-dealkylation sites (N-methyl/N-ethyl adjacent to an activating group) is 1. The highest BCUT2D eigenvalue weighted by Crippen LogP contribution is 2.14. The second-order valence-electron chi connectivity index (χ2n) is 4.93. The van der Waals surface area contributed by atoms with Crippen molar-refractivity contribution in [3.05, 3.63) is 29.8 Å². The maximum absolute atomic E-state index is 12.1. The number of anilines is 1. The predicted molar refractivity (Wildman–Crippen MR) is 83.3 cm³/mol. The van der Waals surface area contributed by atoms with Crippen molar-refractivity contribution < 1.29 is 4.79 Å². The number of nitrogens with two attached hydrogens (primary N) is 1. The first-order valence-corrected chi connectivity index (χ1v) is 6.73. The predicted octanol–water partition coefficient (Wildman–Crippen LogP) is 1.45. The summed E-state index contributed by atoms with van der Waals surface area (Å²) < 4.78 is 0. The van der Waals surface area contributed by atoms with Crippen molar-refractivity contribution in [3.8, 4) is 12.3 Å². The van der Waals surface area contributed by atoms with Gasteiger partial charge in [-0.25, -0.2) is 0 Å². The number of benzene rings is 1. The summed E-state index contributed by atoms with van der Waals surface area (Å²) in [6.07, 6.45) is 5.47. The summed E-state index contributed by atoms with van der Waals surface area (Å²) in [5.41, 5.74) is 8.00. The number of rotatable bonds is 6. The number of carbonyl (C=O) groups excluding carboxylic acids is 1. The molecule has 0 aliphatic rings. The lowest BCUT2D eigenvalue weighted by molar-refractivity contribution is -0.132. The van der Waals surface area contributed by atoms with E-state index in [4.69, 9.17) is 12.2 Å². The van der Waals surface area contributed by atoms with Crippen LogP contribution in [0.3, 0.4) is 0 Å². The van der Waals surface area contributed by atoms with Gasteiger partial charge in [0.05, 0.1) is 6.04 Å². The lowest BCUT2D eigenvalue weighted by Gasteiger charge is -2.24. The minimum Gasteiger partial charge on any atom is -0.378 e. The smallest absolute Gasteiger partial charge is 0.240 e. The first kappa shape index (κ1) is 16.1. The summed E-state index contributed by atoms with van der Waals surface area (Å²) in [6, 6.07) is 7.51. The second-order valence-corrected chi connectivity index (χ2v) is 4.93. The Hall–Kier alpha value is -1.99. The molecule has 1 atom stereocenters. The van der Waals surface area contributed by atoms with Crippen LogP contribution in [0.15, 0.2) is 24.3 Å². The van der Waals surface area contributed by atoms with Gasteiger partial charge in [0, 0.05) is 39.3 Å². The van der Waals surface area contributed by atoms with Gasteiger partial charge in [0.1, 0.15) is 0 Å². The van der Waals surface area contributed by atoms with Gasteiger partial charge in [-0.15, -0.1) is 12.3 Å². The van der Waals surface area contributed by atoms with Gasteiger partial charge in [-0.1, -0.05) is 12.1 Å². The second kappa shape index (κ2) is 7.56. The summed E-state index contributed by atoms with van der Waals surface area (Å²) in [6.45, 7) is 3.11. The van der Waals surface area contributed by atoms with Gasteiger partial charge in [-0.05, 0) is 24.6 Å². The third-order valence-corrected chi connectivity index (χ3v) is 3.17. The Morgan fingerprint density at radius 3 is 2.40 bits per heavy atom. The van der Waals surface area contributed by atoms with E-state index in [1.54, 1.807) is 4.90 Å². The molecule has 0 heterocycles. The molecule has 0 aliphatic carbocycles. The first-order valence-electron chi connectivity index (χ1n) is 6.73. The van der Waals surface area contributed by atoms with Crippen LogP contribution in [-0.4, -0.2) is 37.5 Å². The highest BCUT2D eigenvalue weighted by molar-refractivity contribution is 5.82. The minimum atomic E-state index is -0.610. The fourth-order valence-electron chi connectivity index (χ4n) is 1.91. The highest BCUT2D eigenvalue weighted by atomic mass is 16.2. The van der Waals surface area contributed by atoms with Crippen LogP contribution in [0.5, 0.6) is 0 Å². The van der Waals surface area contributed by atoms with Gasteiger partial charge in [0.15, 0.2) is 0 Å². The summed E-state index contributed by atoms with van der Waals surface area (Å²) >= 11 is 0. The van der Waals surface area contributed by atoms with E-state index in [9.17, 15) is 4.79 Å². The van der Waals surface area contributed by atoms with Crippen molar-refractivity contribution in [1.29, 1.82) is 0 Å². The van der Waals surface area contributed by atoms with Crippen LogP contribution in [0.1, 0.15) is 18.9 Å². The number of hydrogen-bond donors (Lipinski definition) is 1. The van der Waals surface area contributed by atoms with Gasteiger partial charge >= 0.3 is 0 Å². The minimum absolute atomic E-state index is 0.0952. The molecule has 1 aromatic carbocycles. The normalized spacial score (nSPS) is 11.6. The summed E-state index contributed by atoms with van der Waals surface area (Å²) in [7, 11) is 3.99. The number of terminal acetylenes is 1. The van der Waals surface area contributed by atoms with Crippen LogP contribution >= 0.6 is 0 Å². The molecule has 0 aliphatic heterocycles. The van der Waals surface area contributed by atoms with Crippen molar-refractivity contribution in [2.75, 3.05) is 25.5 Å². The maximum Gasteiger partial charge on any atom is 0.240 e. The van der Waals surface area contributed by atoms with Crippen molar-refractivity contribution in [2.24, 2.45) is 5.73 Å². The third-order valence-electron chi connectivity index (χ3n) is 3.17. The van der Waals surface area contributed by atoms with Crippen LogP contribution in [0.2, 0.25) is 0 Å². The largest absolute Gasteiger partial charge is 0.378 e. The van der Waals surface area contributed by atoms with Crippen molar-refractivity contribution >= 4 is 11.6 Å². The first-order chi connectivity index (χ1) is 9.49. The molecule has 0 fully saturated rings. The molecule has 108 valence electrons. The van der Waals surface area contributed by atoms with E-state index in [0.29, 0.717) is 13.1 Å². The summed E-state index contributed by atoms with van der Waals surface area (Å²) in [4.78, 5) is 15.9. The molecular formula is C16H23N3O. The van der Waals surface area contributed by atoms with Crippen LogP contribution in [-0.2, 0) is 11.3 Å². The fourth-order valence-corrected chi connectivity index (χ4v) is 1.91. The number of nitrogens with zero attached hydrogens (tertiary/aromatic N) is 2. The van der Waals surface area contributed by atoms with Gasteiger partial charge in [0.2, 0.25) is 5.91 Å². The Morgan fingerprint density at radius 2 is 1.95 bits per heavy atom. The summed E-state index contributed by atoms with van der Waals surface area (Å²) in [5.74, 6) is 2.34. The van der Waals surface area contributed by atoms with E-state index in [1.807, 2.05) is 50.2 Å². The van der Waals surface area contributed by atoms with Crippen molar-refractivity contribution in [3.63, 3.8) is 0 Å². The molecule has 1 unspecified atom stereocenters. The Balaban J connectivity index is 2.73. The van der Waals surface area contributed by atoms with E-state index in [-0.39, 0.29) is 12.3 Å². The van der Waals surface area contributed by atoms with Gasteiger partial charge in [-0.3, -0.25) is 4.79 Å². The van der Waals surface area contributed by atoms with E-state index >= 15 is 0 Å². The maximum atomic E-state index is 12.1. The lowest BCUT2D eigenvalue weighted by Crippen LogP contribution is -2.43. The van der Waals surface area contributed by atoms with Gasteiger partial charge < -0.3 is 15.5 Å². The molecule has 20 heavy (non-hydrogen) atoms. The molecule has 0 bridgehead atoms. The zero-order chi connectivity index (χ0) is 15.1. The molecule has 2 N–H and O–H groups in total. The molecule has 0 saturated carbocycles. The number of amides is 1. The van der Waals surface area contributed by atoms with Crippen LogP contribution in [0.4, 0.5) is 5.69 Å². The molecule has 0 saturated heterocycles. The standard InChI is InChI=1S/C16H23N3O/c1-5-7-15(17)16(20)19(6-2)12-13-8-10-14(11-9-13)18(3)4/h1,8-11,15H,6-7,12,17H2,2-4H3. The Labute approximate surface area is 121 Å². The van der Waals surface area contributed by atoms with Crippen LogP contribution in [0.25, 0.3) is 0 Å². The van der Waals surface area contributed by atoms with Crippen LogP contribution in [0, 0.1) is 12.3 Å². The van der Waals surface area contributed by atoms with E-state index < -0.39 is 6.04 Å². The van der Waals surface area contributed by atoms with E-state index in [2.05, 4.69) is 5.92 Å². The molecular weight excluding hydrogens is 250 g/mol. The molecule has 0 aromatic heterocycles. The Bertz CT molecular complexity index is 473. The van der Waals surface area contributed by atoms with Crippen molar-refractivity contribution in [1.82, 2.24) is 4.90 Å². The topological polar surface area (TPSA) is 49.6 Å². The van der Waals surface area contributed by atoms with Crippen molar-refractivity contribution in [2.45, 2.75) is 25.9 Å².